The van der Waals surface area contributed by atoms with Gasteiger partial charge in [-0.25, -0.2) is 0 Å². The molecule has 1 N–H and O–H groups in total. The van der Waals surface area contributed by atoms with Crippen LogP contribution < -0.4 is 14.8 Å². The Hall–Kier alpha value is -2.15. The molecule has 0 unspecified atom stereocenters. The molecule has 0 spiro atoms. The predicted molar refractivity (Wildman–Crippen MR) is 73.3 cm³/mol. The molecule has 1 aliphatic rings. The molecule has 1 amide bonds. The summed E-state index contributed by atoms with van der Waals surface area (Å²) in [6.45, 7) is 2.55. The highest BCUT2D eigenvalue weighted by Gasteiger charge is 2.22. The van der Waals surface area contributed by atoms with Crippen LogP contribution in [0.3, 0.4) is 0 Å². The average molecular weight is 291 g/mol. The Morgan fingerprint density at radius 3 is 3.00 bits per heavy atom. The van der Waals surface area contributed by atoms with Gasteiger partial charge in [0.15, 0.2) is 11.5 Å². The number of para-hydroxylation sites is 2. The fourth-order valence-corrected chi connectivity index (χ4v) is 2.46. The number of ether oxygens (including phenoxy) is 2. The lowest BCUT2D eigenvalue weighted by Crippen LogP contribution is -2.40. The van der Waals surface area contributed by atoms with Crippen LogP contribution in [-0.4, -0.2) is 34.7 Å². The van der Waals surface area contributed by atoms with Crippen molar-refractivity contribution in [1.29, 1.82) is 0 Å². The van der Waals surface area contributed by atoms with Gasteiger partial charge in [0, 0.05) is 0 Å². The number of rotatable bonds is 3. The Morgan fingerprint density at radius 1 is 1.45 bits per heavy atom. The molecule has 7 heteroatoms. The fourth-order valence-electron chi connectivity index (χ4n) is 1.89. The van der Waals surface area contributed by atoms with Gasteiger partial charge in [-0.15, -0.1) is 5.10 Å². The van der Waals surface area contributed by atoms with E-state index < -0.39 is 0 Å². The smallest absolute Gasteiger partial charge is 0.265 e. The van der Waals surface area contributed by atoms with Crippen molar-refractivity contribution in [3.63, 3.8) is 0 Å². The molecule has 6 nitrogen and oxygen atoms in total. The molecule has 1 atom stereocenters. The summed E-state index contributed by atoms with van der Waals surface area (Å²) >= 11 is 1.09. The van der Waals surface area contributed by atoms with E-state index in [2.05, 4.69) is 14.9 Å². The van der Waals surface area contributed by atoms with Crippen LogP contribution in [-0.2, 0) is 0 Å². The molecule has 0 saturated carbocycles. The second-order valence-electron chi connectivity index (χ2n) is 4.40. The molecule has 104 valence electrons. The maximum Gasteiger partial charge on any atom is 0.265 e. The summed E-state index contributed by atoms with van der Waals surface area (Å²) in [4.78, 5) is 12.5. The van der Waals surface area contributed by atoms with Crippen molar-refractivity contribution in [2.24, 2.45) is 0 Å². The van der Waals surface area contributed by atoms with Crippen LogP contribution >= 0.6 is 11.5 Å². The second-order valence-corrected chi connectivity index (χ2v) is 5.15. The lowest BCUT2D eigenvalue weighted by Gasteiger charge is -2.26. The van der Waals surface area contributed by atoms with Crippen LogP contribution in [0.2, 0.25) is 0 Å². The SMILES string of the molecule is Cc1nnsc1C(=O)NC[C@H]1COc2ccccc2O1. The number of fused-ring (bicyclic) bond motifs is 1. The van der Waals surface area contributed by atoms with E-state index >= 15 is 0 Å². The standard InChI is InChI=1S/C13H13N3O3S/c1-8-12(20-16-15-8)13(17)14-6-9-7-18-10-4-2-3-5-11(10)19-9/h2-5,9H,6-7H2,1H3,(H,14,17)/t9-/m0/s1. The number of amides is 1. The van der Waals surface area contributed by atoms with Gasteiger partial charge in [-0.3, -0.25) is 4.79 Å². The Bertz CT molecular complexity index is 629. The van der Waals surface area contributed by atoms with Crippen molar-refractivity contribution >= 4 is 17.4 Å². The quantitative estimate of drug-likeness (QED) is 0.925. The van der Waals surface area contributed by atoms with Gasteiger partial charge in [0.05, 0.1) is 12.2 Å². The Balaban J connectivity index is 1.58. The normalized spacial score (nSPS) is 16.8. The first-order chi connectivity index (χ1) is 9.74. The first-order valence-electron chi connectivity index (χ1n) is 6.19. The lowest BCUT2D eigenvalue weighted by atomic mass is 10.2. The first-order valence-corrected chi connectivity index (χ1v) is 6.97. The molecule has 20 heavy (non-hydrogen) atoms. The van der Waals surface area contributed by atoms with E-state index in [1.54, 1.807) is 6.92 Å². The van der Waals surface area contributed by atoms with E-state index in [0.29, 0.717) is 29.5 Å². The number of aryl methyl sites for hydroxylation is 1. The van der Waals surface area contributed by atoms with Crippen molar-refractivity contribution in [2.75, 3.05) is 13.2 Å². The number of carbonyl (C=O) groups excluding carboxylic acids is 1. The molecular formula is C13H13N3O3S. The zero-order chi connectivity index (χ0) is 13.9. The van der Waals surface area contributed by atoms with E-state index in [1.165, 1.54) is 0 Å². The van der Waals surface area contributed by atoms with Crippen molar-refractivity contribution in [2.45, 2.75) is 13.0 Å². The number of nitrogens with zero attached hydrogens (tertiary/aromatic N) is 2. The third kappa shape index (κ3) is 2.57. The molecule has 0 bridgehead atoms. The molecule has 1 aliphatic heterocycles. The van der Waals surface area contributed by atoms with Gasteiger partial charge in [-0.05, 0) is 30.6 Å². The number of hydrogen-bond acceptors (Lipinski definition) is 6. The van der Waals surface area contributed by atoms with Crippen LogP contribution in [0.4, 0.5) is 0 Å². The molecule has 0 aliphatic carbocycles. The van der Waals surface area contributed by atoms with Crippen molar-refractivity contribution < 1.29 is 14.3 Å². The van der Waals surface area contributed by atoms with E-state index in [0.717, 1.165) is 17.3 Å². The van der Waals surface area contributed by atoms with Crippen LogP contribution in [0.25, 0.3) is 0 Å². The fraction of sp³-hybridized carbons (Fsp3) is 0.308. The van der Waals surface area contributed by atoms with E-state index in [4.69, 9.17) is 9.47 Å². The maximum atomic E-state index is 11.9. The molecule has 2 aromatic rings. The number of hydrogen-bond donors (Lipinski definition) is 1. The maximum absolute atomic E-state index is 11.9. The summed E-state index contributed by atoms with van der Waals surface area (Å²) < 4.78 is 15.1. The van der Waals surface area contributed by atoms with Gasteiger partial charge in [-0.2, -0.15) is 0 Å². The van der Waals surface area contributed by atoms with Gasteiger partial charge in [0.2, 0.25) is 0 Å². The minimum atomic E-state index is -0.199. The summed E-state index contributed by atoms with van der Waals surface area (Å²) in [6.07, 6.45) is -0.199. The van der Waals surface area contributed by atoms with Gasteiger partial charge < -0.3 is 14.8 Å². The third-order valence-electron chi connectivity index (χ3n) is 2.92. The highest BCUT2D eigenvalue weighted by Crippen LogP contribution is 2.30. The molecule has 0 saturated heterocycles. The van der Waals surface area contributed by atoms with Crippen molar-refractivity contribution in [3.05, 3.63) is 34.8 Å². The summed E-state index contributed by atoms with van der Waals surface area (Å²) in [7, 11) is 0. The minimum absolute atomic E-state index is 0.181. The molecule has 1 aromatic carbocycles. The third-order valence-corrected chi connectivity index (χ3v) is 3.74. The van der Waals surface area contributed by atoms with E-state index in [1.807, 2.05) is 24.3 Å². The molecule has 1 aromatic heterocycles. The summed E-state index contributed by atoms with van der Waals surface area (Å²) in [5, 5.41) is 6.63. The molecule has 0 fully saturated rings. The number of benzene rings is 1. The Labute approximate surface area is 119 Å². The Kier molecular flexibility index (Phi) is 3.51. The number of nitrogens with one attached hydrogen (secondary N) is 1. The van der Waals surface area contributed by atoms with E-state index in [-0.39, 0.29) is 12.0 Å². The topological polar surface area (TPSA) is 73.3 Å². The highest BCUT2D eigenvalue weighted by atomic mass is 32.1. The Morgan fingerprint density at radius 2 is 2.25 bits per heavy atom. The largest absolute Gasteiger partial charge is 0.486 e. The predicted octanol–water partition coefficient (Wildman–Crippen LogP) is 1.42. The second kappa shape index (κ2) is 5.46. The van der Waals surface area contributed by atoms with Gasteiger partial charge in [0.25, 0.3) is 5.91 Å². The van der Waals surface area contributed by atoms with Gasteiger partial charge >= 0.3 is 0 Å². The molecule has 2 heterocycles. The van der Waals surface area contributed by atoms with Gasteiger partial charge in [-0.1, -0.05) is 16.6 Å². The van der Waals surface area contributed by atoms with Crippen LogP contribution in [0.1, 0.15) is 15.4 Å². The molecule has 0 radical (unpaired) electrons. The van der Waals surface area contributed by atoms with Crippen LogP contribution in [0, 0.1) is 6.92 Å². The summed E-state index contributed by atoms with van der Waals surface area (Å²) in [5.41, 5.74) is 0.638. The highest BCUT2D eigenvalue weighted by molar-refractivity contribution is 7.07. The summed E-state index contributed by atoms with van der Waals surface area (Å²) in [6, 6.07) is 7.48. The van der Waals surface area contributed by atoms with Crippen LogP contribution in [0.5, 0.6) is 11.5 Å². The number of aromatic nitrogens is 2. The average Bonchev–Trinajstić information content (AvgIpc) is 2.91. The molecule has 3 rings (SSSR count). The van der Waals surface area contributed by atoms with Gasteiger partial charge in [0.1, 0.15) is 17.6 Å². The van der Waals surface area contributed by atoms with E-state index in [9.17, 15) is 4.79 Å². The number of carbonyl (C=O) groups is 1. The zero-order valence-corrected chi connectivity index (χ0v) is 11.6. The lowest BCUT2D eigenvalue weighted by molar-refractivity contribution is 0.0791. The van der Waals surface area contributed by atoms with Crippen molar-refractivity contribution in [3.8, 4) is 11.5 Å². The molecular weight excluding hydrogens is 278 g/mol. The van der Waals surface area contributed by atoms with Crippen LogP contribution in [0.15, 0.2) is 24.3 Å². The monoisotopic (exact) mass is 291 g/mol. The van der Waals surface area contributed by atoms with Crippen molar-refractivity contribution in [1.82, 2.24) is 14.9 Å². The first kappa shape index (κ1) is 12.9. The zero-order valence-electron chi connectivity index (χ0n) is 10.8. The minimum Gasteiger partial charge on any atom is -0.486 e. The summed E-state index contributed by atoms with van der Waals surface area (Å²) in [5.74, 6) is 1.26.